The van der Waals surface area contributed by atoms with E-state index in [9.17, 15) is 10.2 Å². The zero-order chi connectivity index (χ0) is 12.4. The van der Waals surface area contributed by atoms with E-state index >= 15 is 0 Å². The van der Waals surface area contributed by atoms with Crippen molar-refractivity contribution in [2.45, 2.75) is 44.9 Å². The number of benzene rings is 1. The van der Waals surface area contributed by atoms with Gasteiger partial charge in [-0.15, -0.1) is 0 Å². The number of hydrogen-bond acceptors (Lipinski definition) is 3. The molecule has 3 nitrogen and oxygen atoms in total. The summed E-state index contributed by atoms with van der Waals surface area (Å²) in [6.07, 6.45) is 1.60. The Morgan fingerprint density at radius 2 is 1.88 bits per heavy atom. The molecule has 1 fully saturated rings. The first-order valence-electron chi connectivity index (χ1n) is 6.32. The van der Waals surface area contributed by atoms with Crippen molar-refractivity contribution < 1.29 is 10.2 Å². The minimum Gasteiger partial charge on any atom is -0.508 e. The molecule has 17 heavy (non-hydrogen) atoms. The third-order valence-corrected chi connectivity index (χ3v) is 3.54. The molecule has 0 radical (unpaired) electrons. The normalized spacial score (nSPS) is 26.4. The van der Waals surface area contributed by atoms with E-state index in [0.29, 0.717) is 6.04 Å². The van der Waals surface area contributed by atoms with Crippen molar-refractivity contribution in [3.05, 3.63) is 29.8 Å². The van der Waals surface area contributed by atoms with Crippen molar-refractivity contribution in [1.29, 1.82) is 0 Å². The predicted octanol–water partition coefficient (Wildman–Crippen LogP) is 2.30. The molecule has 1 heterocycles. The van der Waals surface area contributed by atoms with Crippen LogP contribution in [0.1, 0.15) is 38.3 Å². The van der Waals surface area contributed by atoms with Gasteiger partial charge in [-0.2, -0.15) is 0 Å². The molecular formula is C14H21NO2. The summed E-state index contributed by atoms with van der Waals surface area (Å²) in [6, 6.07) is 7.67. The van der Waals surface area contributed by atoms with Crippen molar-refractivity contribution in [1.82, 2.24) is 4.90 Å². The number of rotatable bonds is 2. The molecule has 2 rings (SSSR count). The summed E-state index contributed by atoms with van der Waals surface area (Å²) in [7, 11) is 0. The molecule has 0 aromatic heterocycles. The molecular weight excluding hydrogens is 214 g/mol. The third kappa shape index (κ3) is 2.61. The van der Waals surface area contributed by atoms with Crippen LogP contribution in [0.5, 0.6) is 5.75 Å². The SMILES string of the molecule is CC(C)N1CCCC(O)C1c1ccc(O)cc1. The van der Waals surface area contributed by atoms with Gasteiger partial charge in [-0.3, -0.25) is 4.90 Å². The quantitative estimate of drug-likeness (QED) is 0.826. The number of hydrogen-bond donors (Lipinski definition) is 2. The van der Waals surface area contributed by atoms with Crippen LogP contribution in [0.25, 0.3) is 0 Å². The number of piperidine rings is 1. The highest BCUT2D eigenvalue weighted by molar-refractivity contribution is 5.29. The lowest BCUT2D eigenvalue weighted by atomic mass is 9.91. The molecule has 0 amide bonds. The van der Waals surface area contributed by atoms with Crippen LogP contribution >= 0.6 is 0 Å². The van der Waals surface area contributed by atoms with E-state index in [-0.39, 0.29) is 17.9 Å². The number of likely N-dealkylation sites (tertiary alicyclic amines) is 1. The average molecular weight is 235 g/mol. The van der Waals surface area contributed by atoms with Crippen LogP contribution in [0.3, 0.4) is 0 Å². The molecule has 3 heteroatoms. The topological polar surface area (TPSA) is 43.7 Å². The summed E-state index contributed by atoms with van der Waals surface area (Å²) in [4.78, 5) is 2.33. The first-order valence-corrected chi connectivity index (χ1v) is 6.32. The predicted molar refractivity (Wildman–Crippen MR) is 67.9 cm³/mol. The number of aromatic hydroxyl groups is 1. The van der Waals surface area contributed by atoms with Crippen LogP contribution in [-0.2, 0) is 0 Å². The molecule has 1 aliphatic rings. The summed E-state index contributed by atoms with van der Waals surface area (Å²) in [5.74, 6) is 0.273. The van der Waals surface area contributed by atoms with Crippen LogP contribution in [0.15, 0.2) is 24.3 Å². The second-order valence-electron chi connectivity index (χ2n) is 5.08. The van der Waals surface area contributed by atoms with E-state index in [1.54, 1.807) is 12.1 Å². The number of phenols is 1. The maximum absolute atomic E-state index is 10.2. The van der Waals surface area contributed by atoms with E-state index in [0.717, 1.165) is 24.9 Å². The molecule has 0 bridgehead atoms. The van der Waals surface area contributed by atoms with Gasteiger partial charge >= 0.3 is 0 Å². The highest BCUT2D eigenvalue weighted by Crippen LogP contribution is 2.33. The number of aliphatic hydroxyl groups excluding tert-OH is 1. The Morgan fingerprint density at radius 3 is 2.47 bits per heavy atom. The minimum atomic E-state index is -0.310. The molecule has 0 spiro atoms. The first kappa shape index (κ1) is 12.4. The van der Waals surface area contributed by atoms with Gasteiger partial charge in [-0.05, 0) is 50.9 Å². The fourth-order valence-electron chi connectivity index (χ4n) is 2.67. The van der Waals surface area contributed by atoms with Crippen LogP contribution in [-0.4, -0.2) is 33.8 Å². The van der Waals surface area contributed by atoms with Gasteiger partial charge in [0.15, 0.2) is 0 Å². The molecule has 2 atom stereocenters. The van der Waals surface area contributed by atoms with Crippen LogP contribution < -0.4 is 0 Å². The van der Waals surface area contributed by atoms with Gasteiger partial charge in [0.25, 0.3) is 0 Å². The summed E-state index contributed by atoms with van der Waals surface area (Å²) < 4.78 is 0. The van der Waals surface area contributed by atoms with Crippen LogP contribution in [0.4, 0.5) is 0 Å². The lowest BCUT2D eigenvalue weighted by Gasteiger charge is -2.41. The lowest BCUT2D eigenvalue weighted by molar-refractivity contribution is -0.00645. The Hall–Kier alpha value is -1.06. The van der Waals surface area contributed by atoms with Gasteiger partial charge in [-0.1, -0.05) is 12.1 Å². The highest BCUT2D eigenvalue weighted by atomic mass is 16.3. The van der Waals surface area contributed by atoms with Crippen molar-refractivity contribution in [3.8, 4) is 5.75 Å². The number of aliphatic hydroxyl groups is 1. The monoisotopic (exact) mass is 235 g/mol. The van der Waals surface area contributed by atoms with Gasteiger partial charge in [-0.25, -0.2) is 0 Å². The smallest absolute Gasteiger partial charge is 0.115 e. The minimum absolute atomic E-state index is 0.0596. The van der Waals surface area contributed by atoms with Crippen molar-refractivity contribution in [2.75, 3.05) is 6.54 Å². The van der Waals surface area contributed by atoms with E-state index < -0.39 is 0 Å². The Morgan fingerprint density at radius 1 is 1.24 bits per heavy atom. The van der Waals surface area contributed by atoms with E-state index in [4.69, 9.17) is 0 Å². The van der Waals surface area contributed by atoms with Crippen LogP contribution in [0.2, 0.25) is 0 Å². The van der Waals surface area contributed by atoms with Crippen molar-refractivity contribution in [2.24, 2.45) is 0 Å². The average Bonchev–Trinajstić information content (AvgIpc) is 2.30. The molecule has 2 N–H and O–H groups in total. The third-order valence-electron chi connectivity index (χ3n) is 3.54. The summed E-state index contributed by atoms with van der Waals surface area (Å²) in [6.45, 7) is 5.34. The molecule has 1 aliphatic heterocycles. The summed E-state index contributed by atoms with van der Waals surface area (Å²) in [5, 5.41) is 19.5. The summed E-state index contributed by atoms with van der Waals surface area (Å²) >= 11 is 0. The maximum atomic E-state index is 10.2. The fraction of sp³-hybridized carbons (Fsp3) is 0.571. The Balaban J connectivity index is 2.27. The van der Waals surface area contributed by atoms with Crippen molar-refractivity contribution in [3.63, 3.8) is 0 Å². The first-order chi connectivity index (χ1) is 8.09. The molecule has 0 saturated carbocycles. The van der Waals surface area contributed by atoms with Gasteiger partial charge in [0.1, 0.15) is 5.75 Å². The zero-order valence-corrected chi connectivity index (χ0v) is 10.5. The van der Waals surface area contributed by atoms with E-state index in [1.807, 2.05) is 12.1 Å². The second-order valence-corrected chi connectivity index (χ2v) is 5.08. The fourth-order valence-corrected chi connectivity index (χ4v) is 2.67. The van der Waals surface area contributed by atoms with E-state index in [1.165, 1.54) is 0 Å². The van der Waals surface area contributed by atoms with Gasteiger partial charge in [0.2, 0.25) is 0 Å². The molecule has 2 unspecified atom stereocenters. The Kier molecular flexibility index (Phi) is 3.69. The Labute approximate surface area is 103 Å². The number of phenolic OH excluding ortho intramolecular Hbond substituents is 1. The van der Waals surface area contributed by atoms with Crippen LogP contribution in [0, 0.1) is 0 Å². The molecule has 94 valence electrons. The molecule has 0 aliphatic carbocycles. The molecule has 1 aromatic carbocycles. The van der Waals surface area contributed by atoms with Gasteiger partial charge < -0.3 is 10.2 Å². The standard InChI is InChI=1S/C14H21NO2/c1-10(2)15-9-3-4-13(17)14(15)11-5-7-12(16)8-6-11/h5-8,10,13-14,16-17H,3-4,9H2,1-2H3. The highest BCUT2D eigenvalue weighted by Gasteiger charge is 2.32. The van der Waals surface area contributed by atoms with Crippen molar-refractivity contribution >= 4 is 0 Å². The zero-order valence-electron chi connectivity index (χ0n) is 10.5. The maximum Gasteiger partial charge on any atom is 0.115 e. The second kappa shape index (κ2) is 5.07. The Bertz CT molecular complexity index is 361. The molecule has 1 aromatic rings. The largest absolute Gasteiger partial charge is 0.508 e. The lowest BCUT2D eigenvalue weighted by Crippen LogP contribution is -2.45. The van der Waals surface area contributed by atoms with E-state index in [2.05, 4.69) is 18.7 Å². The number of nitrogens with zero attached hydrogens (tertiary/aromatic N) is 1. The molecule has 1 saturated heterocycles. The van der Waals surface area contributed by atoms with Gasteiger partial charge in [0.05, 0.1) is 12.1 Å². The van der Waals surface area contributed by atoms with Gasteiger partial charge in [0, 0.05) is 6.04 Å². The summed E-state index contributed by atoms with van der Waals surface area (Å²) in [5.41, 5.74) is 1.09.